The normalized spacial score (nSPS) is 20.6. The third-order valence-corrected chi connectivity index (χ3v) is 4.07. The molecule has 23 heavy (non-hydrogen) atoms. The van der Waals surface area contributed by atoms with Crippen molar-refractivity contribution in [2.24, 2.45) is 5.73 Å². The van der Waals surface area contributed by atoms with Crippen LogP contribution in [0.1, 0.15) is 11.7 Å². The molecule has 0 radical (unpaired) electrons. The van der Waals surface area contributed by atoms with Gasteiger partial charge in [-0.15, -0.1) is 0 Å². The molecule has 0 saturated carbocycles. The maximum Gasteiger partial charge on any atom is 0.213 e. The van der Waals surface area contributed by atoms with E-state index in [0.717, 1.165) is 24.2 Å². The Morgan fingerprint density at radius 2 is 2.35 bits per heavy atom. The van der Waals surface area contributed by atoms with Crippen molar-refractivity contribution < 1.29 is 14.6 Å². The van der Waals surface area contributed by atoms with Crippen molar-refractivity contribution in [3.05, 3.63) is 30.0 Å². The van der Waals surface area contributed by atoms with Crippen LogP contribution in [0, 0.1) is 0 Å². The lowest BCUT2D eigenvalue weighted by molar-refractivity contribution is -0.0360. The molecular weight excluding hydrogens is 296 g/mol. The third kappa shape index (κ3) is 3.59. The molecule has 2 aromatic heterocycles. The molecule has 0 unspecified atom stereocenters. The predicted octanol–water partition coefficient (Wildman–Crippen LogP) is 0.331. The van der Waals surface area contributed by atoms with E-state index in [1.807, 2.05) is 6.07 Å². The molecule has 7 heteroatoms. The van der Waals surface area contributed by atoms with E-state index < -0.39 is 6.10 Å². The lowest BCUT2D eigenvalue weighted by Crippen LogP contribution is -2.46. The zero-order valence-corrected chi connectivity index (χ0v) is 13.2. The van der Waals surface area contributed by atoms with Crippen LogP contribution in [0.25, 0.3) is 11.0 Å². The van der Waals surface area contributed by atoms with Crippen LogP contribution < -0.4 is 10.5 Å². The van der Waals surface area contributed by atoms with Crippen molar-refractivity contribution in [3.63, 3.8) is 0 Å². The summed E-state index contributed by atoms with van der Waals surface area (Å²) in [5, 5.41) is 10.7. The number of aliphatic hydroxyl groups is 1. The standard InChI is InChI=1S/C16H22N4O3/c1-22-15-3-2-13-16(19-15)12(4-5-18-13)14(21)10-20-6-7-23-11(8-17)9-20/h2-5,11,14,21H,6-10,17H2,1H3/t11-,14-/m0/s1. The largest absolute Gasteiger partial charge is 0.481 e. The van der Waals surface area contributed by atoms with E-state index >= 15 is 0 Å². The SMILES string of the molecule is COc1ccc2nccc([C@@H](O)CN3CCO[C@@H](CN)C3)c2n1. The number of aliphatic hydroxyl groups excluding tert-OH is 1. The number of aromatic nitrogens is 2. The van der Waals surface area contributed by atoms with Crippen LogP contribution in [0.4, 0.5) is 0 Å². The number of hydrogen-bond acceptors (Lipinski definition) is 7. The number of morpholine rings is 1. The molecule has 1 saturated heterocycles. The molecular formula is C16H22N4O3. The lowest BCUT2D eigenvalue weighted by Gasteiger charge is -2.33. The second kappa shape index (κ2) is 7.18. The van der Waals surface area contributed by atoms with Gasteiger partial charge in [-0.1, -0.05) is 0 Å². The first-order chi connectivity index (χ1) is 11.2. The van der Waals surface area contributed by atoms with E-state index in [2.05, 4.69) is 14.9 Å². The van der Waals surface area contributed by atoms with Crippen LogP contribution in [0.15, 0.2) is 24.4 Å². The Hall–Kier alpha value is -1.80. The summed E-state index contributed by atoms with van der Waals surface area (Å²) >= 11 is 0. The summed E-state index contributed by atoms with van der Waals surface area (Å²) in [6, 6.07) is 5.41. The molecule has 3 N–H and O–H groups in total. The summed E-state index contributed by atoms with van der Waals surface area (Å²) in [4.78, 5) is 10.9. The summed E-state index contributed by atoms with van der Waals surface area (Å²) in [5.41, 5.74) is 7.83. The van der Waals surface area contributed by atoms with E-state index in [1.165, 1.54) is 0 Å². The molecule has 124 valence electrons. The molecule has 0 amide bonds. The topological polar surface area (TPSA) is 93.7 Å². The molecule has 0 spiro atoms. The number of β-amino-alcohol motifs (C(OH)–C–C–N with tert-alkyl or cyclic N) is 1. The zero-order chi connectivity index (χ0) is 16.2. The summed E-state index contributed by atoms with van der Waals surface area (Å²) < 4.78 is 10.7. The molecule has 1 aliphatic heterocycles. The molecule has 0 bridgehead atoms. The maximum absolute atomic E-state index is 10.7. The summed E-state index contributed by atoms with van der Waals surface area (Å²) in [6.45, 7) is 3.15. The second-order valence-electron chi connectivity index (χ2n) is 5.63. The number of methoxy groups -OCH3 is 1. The van der Waals surface area contributed by atoms with Gasteiger partial charge in [-0.3, -0.25) is 9.88 Å². The van der Waals surface area contributed by atoms with Crippen LogP contribution >= 0.6 is 0 Å². The van der Waals surface area contributed by atoms with Gasteiger partial charge in [0.2, 0.25) is 5.88 Å². The molecule has 0 aliphatic carbocycles. The average Bonchev–Trinajstić information content (AvgIpc) is 2.60. The van der Waals surface area contributed by atoms with Crippen molar-refractivity contribution in [2.45, 2.75) is 12.2 Å². The van der Waals surface area contributed by atoms with Gasteiger partial charge in [-0.2, -0.15) is 0 Å². The number of nitrogens with zero attached hydrogens (tertiary/aromatic N) is 3. The number of nitrogens with two attached hydrogens (primary N) is 1. The molecule has 2 atom stereocenters. The van der Waals surface area contributed by atoms with Gasteiger partial charge in [0.25, 0.3) is 0 Å². The van der Waals surface area contributed by atoms with Crippen LogP contribution in [-0.4, -0.2) is 66.0 Å². The van der Waals surface area contributed by atoms with Crippen molar-refractivity contribution in [3.8, 4) is 5.88 Å². The van der Waals surface area contributed by atoms with Gasteiger partial charge in [0.15, 0.2) is 0 Å². The number of hydrogen-bond donors (Lipinski definition) is 2. The summed E-state index contributed by atoms with van der Waals surface area (Å²) in [6.07, 6.45) is 1.07. The Balaban J connectivity index is 1.81. The van der Waals surface area contributed by atoms with Crippen LogP contribution in [0.2, 0.25) is 0 Å². The van der Waals surface area contributed by atoms with Gasteiger partial charge in [0.05, 0.1) is 37.0 Å². The van der Waals surface area contributed by atoms with Crippen LogP contribution in [-0.2, 0) is 4.74 Å². The molecule has 1 fully saturated rings. The minimum Gasteiger partial charge on any atom is -0.481 e. The second-order valence-corrected chi connectivity index (χ2v) is 5.63. The number of rotatable bonds is 5. The van der Waals surface area contributed by atoms with Crippen LogP contribution in [0.5, 0.6) is 5.88 Å². The van der Waals surface area contributed by atoms with E-state index in [0.29, 0.717) is 31.1 Å². The van der Waals surface area contributed by atoms with E-state index in [4.69, 9.17) is 15.2 Å². The van der Waals surface area contributed by atoms with Crippen molar-refractivity contribution in [1.29, 1.82) is 0 Å². The number of ether oxygens (including phenoxy) is 2. The minimum absolute atomic E-state index is 0.0309. The van der Waals surface area contributed by atoms with Gasteiger partial charge < -0.3 is 20.3 Å². The fraction of sp³-hybridized carbons (Fsp3) is 0.500. The lowest BCUT2D eigenvalue weighted by atomic mass is 10.1. The quantitative estimate of drug-likeness (QED) is 0.820. The van der Waals surface area contributed by atoms with E-state index in [9.17, 15) is 5.11 Å². The van der Waals surface area contributed by atoms with Crippen molar-refractivity contribution in [2.75, 3.05) is 39.9 Å². The molecule has 3 rings (SSSR count). The summed E-state index contributed by atoms with van der Waals surface area (Å²) in [5.74, 6) is 0.508. The first-order valence-electron chi connectivity index (χ1n) is 7.73. The number of fused-ring (bicyclic) bond motifs is 1. The maximum atomic E-state index is 10.7. The average molecular weight is 318 g/mol. The van der Waals surface area contributed by atoms with Gasteiger partial charge in [-0.05, 0) is 12.1 Å². The van der Waals surface area contributed by atoms with E-state index in [-0.39, 0.29) is 6.10 Å². The molecule has 3 heterocycles. The van der Waals surface area contributed by atoms with Crippen molar-refractivity contribution in [1.82, 2.24) is 14.9 Å². The highest BCUT2D eigenvalue weighted by molar-refractivity contribution is 5.78. The number of pyridine rings is 2. The Labute approximate surface area is 135 Å². The Morgan fingerprint density at radius 3 is 3.13 bits per heavy atom. The fourth-order valence-corrected chi connectivity index (χ4v) is 2.84. The highest BCUT2D eigenvalue weighted by Gasteiger charge is 2.23. The first kappa shape index (κ1) is 16.1. The van der Waals surface area contributed by atoms with E-state index in [1.54, 1.807) is 25.4 Å². The highest BCUT2D eigenvalue weighted by atomic mass is 16.5. The van der Waals surface area contributed by atoms with Gasteiger partial charge in [-0.25, -0.2) is 4.98 Å². The van der Waals surface area contributed by atoms with Crippen LogP contribution in [0.3, 0.4) is 0 Å². The third-order valence-electron chi connectivity index (χ3n) is 4.07. The Kier molecular flexibility index (Phi) is 5.02. The fourth-order valence-electron chi connectivity index (χ4n) is 2.84. The zero-order valence-electron chi connectivity index (χ0n) is 13.2. The first-order valence-corrected chi connectivity index (χ1v) is 7.73. The minimum atomic E-state index is -0.656. The van der Waals surface area contributed by atoms with Crippen molar-refractivity contribution >= 4 is 11.0 Å². The molecule has 2 aromatic rings. The molecule has 7 nitrogen and oxygen atoms in total. The van der Waals surface area contributed by atoms with Gasteiger partial charge in [0, 0.05) is 44.0 Å². The van der Waals surface area contributed by atoms with Gasteiger partial charge in [0.1, 0.15) is 0 Å². The molecule has 1 aliphatic rings. The smallest absolute Gasteiger partial charge is 0.213 e. The summed E-state index contributed by atoms with van der Waals surface area (Å²) in [7, 11) is 1.57. The predicted molar refractivity (Wildman–Crippen MR) is 86.3 cm³/mol. The Bertz CT molecular complexity index is 667. The monoisotopic (exact) mass is 318 g/mol. The molecule has 0 aromatic carbocycles. The Morgan fingerprint density at radius 1 is 1.48 bits per heavy atom. The van der Waals surface area contributed by atoms with Gasteiger partial charge >= 0.3 is 0 Å². The highest BCUT2D eigenvalue weighted by Crippen LogP contribution is 2.24.